The van der Waals surface area contributed by atoms with E-state index in [9.17, 15) is 9.59 Å². The largest absolute Gasteiger partial charge is 0.353 e. The van der Waals surface area contributed by atoms with Crippen LogP contribution in [0.4, 0.5) is 11.5 Å². The maximum atomic E-state index is 12.5. The second-order valence-electron chi connectivity index (χ2n) is 7.22. The number of rotatable bonds is 7. The number of carbonyl (C=O) groups excluding carboxylic acids is 2. The highest BCUT2D eigenvalue weighted by molar-refractivity contribution is 6.42. The SMILES string of the molecule is CN(CCC(=O)N1CCN(c2ccccn2)CC1)CC(=O)Nc1ccc(Cl)c(Cl)c1. The fourth-order valence-electron chi connectivity index (χ4n) is 3.27. The summed E-state index contributed by atoms with van der Waals surface area (Å²) in [5.41, 5.74) is 0.588. The quantitative estimate of drug-likeness (QED) is 0.703. The summed E-state index contributed by atoms with van der Waals surface area (Å²) < 4.78 is 0. The number of piperazine rings is 1. The van der Waals surface area contributed by atoms with E-state index in [1.54, 1.807) is 24.4 Å². The lowest BCUT2D eigenvalue weighted by atomic mass is 10.2. The molecular weight excluding hydrogens is 425 g/mol. The lowest BCUT2D eigenvalue weighted by Crippen LogP contribution is -2.49. The van der Waals surface area contributed by atoms with Crippen molar-refractivity contribution in [3.63, 3.8) is 0 Å². The number of benzene rings is 1. The Bertz CT molecular complexity index is 873. The smallest absolute Gasteiger partial charge is 0.238 e. The van der Waals surface area contributed by atoms with Gasteiger partial charge in [0, 0.05) is 51.0 Å². The van der Waals surface area contributed by atoms with Crippen LogP contribution in [0.2, 0.25) is 10.0 Å². The van der Waals surface area contributed by atoms with E-state index >= 15 is 0 Å². The van der Waals surface area contributed by atoms with E-state index in [1.807, 2.05) is 35.0 Å². The number of anilines is 2. The van der Waals surface area contributed by atoms with Crippen LogP contribution in [0.1, 0.15) is 6.42 Å². The Morgan fingerprint density at radius 3 is 2.53 bits per heavy atom. The van der Waals surface area contributed by atoms with Gasteiger partial charge in [0.25, 0.3) is 0 Å². The number of hydrogen-bond donors (Lipinski definition) is 1. The molecule has 1 aromatic carbocycles. The molecule has 0 bridgehead atoms. The second-order valence-corrected chi connectivity index (χ2v) is 8.04. The third-order valence-electron chi connectivity index (χ3n) is 4.93. The van der Waals surface area contributed by atoms with Gasteiger partial charge in [0.05, 0.1) is 16.6 Å². The van der Waals surface area contributed by atoms with Crippen molar-refractivity contribution in [1.82, 2.24) is 14.8 Å². The number of hydrogen-bond acceptors (Lipinski definition) is 5. The van der Waals surface area contributed by atoms with Crippen LogP contribution < -0.4 is 10.2 Å². The Hall–Kier alpha value is -2.35. The average Bonchev–Trinajstić information content (AvgIpc) is 2.75. The van der Waals surface area contributed by atoms with Crippen molar-refractivity contribution in [2.75, 3.05) is 56.5 Å². The van der Waals surface area contributed by atoms with Gasteiger partial charge in [-0.2, -0.15) is 0 Å². The summed E-state index contributed by atoms with van der Waals surface area (Å²) >= 11 is 11.8. The zero-order chi connectivity index (χ0) is 21.5. The molecule has 0 saturated carbocycles. The first-order chi connectivity index (χ1) is 14.4. The Morgan fingerprint density at radius 2 is 1.87 bits per heavy atom. The number of nitrogens with one attached hydrogen (secondary N) is 1. The van der Waals surface area contributed by atoms with E-state index in [0.717, 1.165) is 18.9 Å². The molecule has 3 rings (SSSR count). The van der Waals surface area contributed by atoms with E-state index in [-0.39, 0.29) is 18.4 Å². The number of likely N-dealkylation sites (N-methyl/N-ethyl adjacent to an activating group) is 1. The molecule has 2 heterocycles. The van der Waals surface area contributed by atoms with Crippen molar-refractivity contribution in [3.05, 3.63) is 52.6 Å². The Labute approximate surface area is 186 Å². The molecule has 7 nitrogen and oxygen atoms in total. The Kier molecular flexibility index (Phi) is 7.90. The van der Waals surface area contributed by atoms with E-state index < -0.39 is 0 Å². The van der Waals surface area contributed by atoms with Crippen molar-refractivity contribution in [2.45, 2.75) is 6.42 Å². The molecule has 30 heavy (non-hydrogen) atoms. The van der Waals surface area contributed by atoms with E-state index in [0.29, 0.717) is 41.8 Å². The lowest BCUT2D eigenvalue weighted by Gasteiger charge is -2.35. The van der Waals surface area contributed by atoms with Gasteiger partial charge >= 0.3 is 0 Å². The normalized spacial score (nSPS) is 14.1. The highest BCUT2D eigenvalue weighted by Crippen LogP contribution is 2.24. The van der Waals surface area contributed by atoms with Gasteiger partial charge in [0.2, 0.25) is 11.8 Å². The van der Waals surface area contributed by atoms with Crippen LogP contribution in [0.3, 0.4) is 0 Å². The lowest BCUT2D eigenvalue weighted by molar-refractivity contribution is -0.132. The molecule has 1 aliphatic rings. The van der Waals surface area contributed by atoms with Gasteiger partial charge in [-0.15, -0.1) is 0 Å². The minimum atomic E-state index is -0.174. The predicted octanol–water partition coefficient (Wildman–Crippen LogP) is 3.00. The maximum Gasteiger partial charge on any atom is 0.238 e. The number of pyridine rings is 1. The summed E-state index contributed by atoms with van der Waals surface area (Å²) in [6, 6.07) is 10.8. The molecule has 9 heteroatoms. The van der Waals surface area contributed by atoms with Crippen LogP contribution in [0.15, 0.2) is 42.6 Å². The summed E-state index contributed by atoms with van der Waals surface area (Å²) in [6.07, 6.45) is 2.15. The average molecular weight is 450 g/mol. The molecule has 160 valence electrons. The zero-order valence-electron chi connectivity index (χ0n) is 16.9. The number of nitrogens with zero attached hydrogens (tertiary/aromatic N) is 4. The predicted molar refractivity (Wildman–Crippen MR) is 120 cm³/mol. The number of carbonyl (C=O) groups is 2. The van der Waals surface area contributed by atoms with Crippen LogP contribution in [0, 0.1) is 0 Å². The van der Waals surface area contributed by atoms with Gasteiger partial charge in [-0.1, -0.05) is 29.3 Å². The molecule has 1 N–H and O–H groups in total. The van der Waals surface area contributed by atoms with E-state index in [1.165, 1.54) is 0 Å². The van der Waals surface area contributed by atoms with Crippen molar-refractivity contribution in [1.29, 1.82) is 0 Å². The third kappa shape index (κ3) is 6.32. The summed E-state index contributed by atoms with van der Waals surface area (Å²) in [5, 5.41) is 3.60. The molecule has 1 aromatic heterocycles. The minimum Gasteiger partial charge on any atom is -0.353 e. The maximum absolute atomic E-state index is 12.5. The zero-order valence-corrected chi connectivity index (χ0v) is 18.4. The molecule has 2 amide bonds. The molecule has 0 spiro atoms. The van der Waals surface area contributed by atoms with Crippen molar-refractivity contribution < 1.29 is 9.59 Å². The van der Waals surface area contributed by atoms with Gasteiger partial charge in [-0.05, 0) is 37.4 Å². The van der Waals surface area contributed by atoms with Crippen molar-refractivity contribution in [2.24, 2.45) is 0 Å². The standard InChI is InChI=1S/C21H25Cl2N5O2/c1-26(15-20(29)25-16-5-6-17(22)18(23)14-16)9-7-21(30)28-12-10-27(11-13-28)19-4-2-3-8-24-19/h2-6,8,14H,7,9-13,15H2,1H3,(H,25,29). The summed E-state index contributed by atoms with van der Waals surface area (Å²) in [4.78, 5) is 35.0. The van der Waals surface area contributed by atoms with E-state index in [2.05, 4.69) is 15.2 Å². The molecule has 1 fully saturated rings. The molecule has 1 aliphatic heterocycles. The van der Waals surface area contributed by atoms with Gasteiger partial charge in [-0.25, -0.2) is 4.98 Å². The molecule has 2 aromatic rings. The molecule has 0 atom stereocenters. The topological polar surface area (TPSA) is 68.8 Å². The van der Waals surface area contributed by atoms with Crippen LogP contribution in [0.25, 0.3) is 0 Å². The van der Waals surface area contributed by atoms with Crippen LogP contribution in [-0.4, -0.2) is 72.9 Å². The Morgan fingerprint density at radius 1 is 1.10 bits per heavy atom. The first-order valence-corrected chi connectivity index (χ1v) is 10.5. The van der Waals surface area contributed by atoms with Gasteiger partial charge in [0.15, 0.2) is 0 Å². The number of amides is 2. The summed E-state index contributed by atoms with van der Waals surface area (Å²) in [5.74, 6) is 0.872. The summed E-state index contributed by atoms with van der Waals surface area (Å²) in [6.45, 7) is 3.58. The molecule has 0 unspecified atom stereocenters. The van der Waals surface area contributed by atoms with Crippen molar-refractivity contribution >= 4 is 46.5 Å². The molecular formula is C21H25Cl2N5O2. The third-order valence-corrected chi connectivity index (χ3v) is 5.67. The van der Waals surface area contributed by atoms with Crippen LogP contribution >= 0.6 is 23.2 Å². The van der Waals surface area contributed by atoms with Crippen molar-refractivity contribution in [3.8, 4) is 0 Å². The highest BCUT2D eigenvalue weighted by Gasteiger charge is 2.22. The minimum absolute atomic E-state index is 0.104. The monoisotopic (exact) mass is 449 g/mol. The fourth-order valence-corrected chi connectivity index (χ4v) is 3.57. The van der Waals surface area contributed by atoms with Gasteiger partial charge in [0.1, 0.15) is 5.82 Å². The fraction of sp³-hybridized carbons (Fsp3) is 0.381. The molecule has 1 saturated heterocycles. The number of halogens is 2. The molecule has 0 radical (unpaired) electrons. The first-order valence-electron chi connectivity index (χ1n) is 9.79. The Balaban J connectivity index is 1.38. The van der Waals surface area contributed by atoms with E-state index in [4.69, 9.17) is 23.2 Å². The summed E-state index contributed by atoms with van der Waals surface area (Å²) in [7, 11) is 1.82. The second kappa shape index (κ2) is 10.6. The van der Waals surface area contributed by atoms with Gasteiger partial charge in [-0.3, -0.25) is 14.5 Å². The van der Waals surface area contributed by atoms with Gasteiger partial charge < -0.3 is 15.1 Å². The molecule has 0 aliphatic carbocycles. The highest BCUT2D eigenvalue weighted by atomic mass is 35.5. The van der Waals surface area contributed by atoms with Crippen LogP contribution in [0.5, 0.6) is 0 Å². The number of aromatic nitrogens is 1. The van der Waals surface area contributed by atoms with Crippen LogP contribution in [-0.2, 0) is 9.59 Å². The first kappa shape index (κ1) is 22.3.